The van der Waals surface area contributed by atoms with Gasteiger partial charge in [-0.2, -0.15) is 0 Å². The first-order valence-corrected chi connectivity index (χ1v) is 55.5. The molecular weight excluding hydrogens is 1900 g/mol. The third-order valence-electron chi connectivity index (χ3n) is 30.1. The minimum absolute atomic E-state index is 0.000455. The second-order valence-electron chi connectivity index (χ2n) is 44.4. The lowest BCUT2D eigenvalue weighted by molar-refractivity contribution is -0.142. The van der Waals surface area contributed by atoms with Gasteiger partial charge >= 0.3 is 51.8 Å². The van der Waals surface area contributed by atoms with E-state index in [0.29, 0.717) is 39.3 Å². The Kier molecular flexibility index (Phi) is 34.0. The highest BCUT2D eigenvalue weighted by Gasteiger charge is 2.69. The van der Waals surface area contributed by atoms with Crippen molar-refractivity contribution in [2.75, 3.05) is 52.7 Å². The summed E-state index contributed by atoms with van der Waals surface area (Å²) in [4.78, 5) is 215. The predicted octanol–water partition coefficient (Wildman–Crippen LogP) is 13.2. The van der Waals surface area contributed by atoms with Crippen LogP contribution < -0.4 is 31.9 Å². The van der Waals surface area contributed by atoms with Gasteiger partial charge in [0.25, 0.3) is 0 Å². The Morgan fingerprint density at radius 3 is 0.993 bits per heavy atom. The van der Waals surface area contributed by atoms with Crippen LogP contribution in [0.25, 0.3) is 0 Å². The summed E-state index contributed by atoms with van der Waals surface area (Å²) in [5, 5.41) is 11.4. The van der Waals surface area contributed by atoms with Crippen LogP contribution in [-0.4, -0.2) is 244 Å². The number of benzene rings is 3. The quantitative estimate of drug-likeness (QED) is 0.0407. The first kappa shape index (κ1) is 110. The van der Waals surface area contributed by atoms with Crippen LogP contribution in [-0.2, 0) is 134 Å². The van der Waals surface area contributed by atoms with Gasteiger partial charge in [-0.3, -0.25) is 57.2 Å². The van der Waals surface area contributed by atoms with E-state index in [2.05, 4.69) is 69.8 Å². The zero-order valence-electron chi connectivity index (χ0n) is 84.9. The molecular formula is C102H147N12O26P3. The van der Waals surface area contributed by atoms with Crippen LogP contribution in [0.15, 0.2) is 92.6 Å². The van der Waals surface area contributed by atoms with Gasteiger partial charge in [0.2, 0.25) is 42.8 Å². The molecule has 9 heterocycles. The number of carbonyl (C=O) groups is 12. The summed E-state index contributed by atoms with van der Waals surface area (Å²) in [6.45, 7) is 38.5. The monoisotopic (exact) mass is 2050 g/mol. The molecule has 143 heavy (non-hydrogen) atoms. The summed E-state index contributed by atoms with van der Waals surface area (Å²) in [5.41, 5.74) is 7.70. The third-order valence-corrected chi connectivity index (χ3v) is 36.1. The molecule has 38 nitrogen and oxygen atoms in total. The van der Waals surface area contributed by atoms with E-state index >= 15 is 0 Å². The van der Waals surface area contributed by atoms with E-state index in [0.717, 1.165) is 110 Å². The van der Waals surface area contributed by atoms with Gasteiger partial charge in [0, 0.05) is 82.9 Å². The van der Waals surface area contributed by atoms with Crippen LogP contribution in [0.4, 0.5) is 28.8 Å². The zero-order valence-corrected chi connectivity index (χ0v) is 87.6. The van der Waals surface area contributed by atoms with E-state index in [1.54, 1.807) is 90.0 Å². The molecule has 12 amide bonds. The van der Waals surface area contributed by atoms with E-state index < -0.39 is 199 Å². The Labute approximate surface area is 837 Å². The molecule has 2 unspecified atom stereocenters. The Morgan fingerprint density at radius 1 is 0.441 bits per heavy atom. The summed E-state index contributed by atoms with van der Waals surface area (Å²) in [5.74, 6) is -5.06. The van der Waals surface area contributed by atoms with E-state index in [1.807, 2.05) is 57.2 Å². The molecule has 15 rings (SSSR count). The van der Waals surface area contributed by atoms with Crippen molar-refractivity contribution in [2.24, 2.45) is 51.8 Å². The van der Waals surface area contributed by atoms with E-state index in [9.17, 15) is 90.8 Å². The Morgan fingerprint density at radius 2 is 0.720 bits per heavy atom. The van der Waals surface area contributed by atoms with Crippen molar-refractivity contribution < 1.29 is 124 Å². The topological polar surface area (TPSA) is 493 Å². The average Bonchev–Trinajstić information content (AvgIpc) is 1.55. The van der Waals surface area contributed by atoms with Crippen molar-refractivity contribution in [1.82, 2.24) is 61.3 Å². The van der Waals surface area contributed by atoms with Crippen molar-refractivity contribution in [1.29, 1.82) is 0 Å². The molecule has 786 valence electrons. The number of fused-ring (bicyclic) bond motifs is 9. The molecule has 10 N–H and O–H groups in total. The van der Waals surface area contributed by atoms with Gasteiger partial charge in [-0.25, -0.2) is 28.8 Å². The van der Waals surface area contributed by atoms with Crippen molar-refractivity contribution in [3.8, 4) is 0 Å². The minimum atomic E-state index is -4.81. The number of nitrogens with zero attached hydrogens (tertiary/aromatic N) is 6. The highest BCUT2D eigenvalue weighted by atomic mass is 31.2. The fraction of sp³-hybridized carbons (Fsp3) is 0.647. The van der Waals surface area contributed by atoms with Gasteiger partial charge in [0.15, 0.2) is 0 Å². The number of hydrogen-bond acceptors (Lipinski definition) is 22. The number of amides is 12. The molecule has 3 saturated carbocycles. The standard InChI is InChI=1S/C35H51N4O9P.C34H49N4O8P.C33H47N4O9P/c1-7-25-17-35(25,49(44,45)47-8-2)37-30(40)28-16-26-19-39(28)31(41)29(34(4,5)6)36-32(42)46-21-22(3)12-9-10-13-23-14-11-15-24-18-38(20-27(23)24)33(43)48-26;1-7-24-16-34(24,47(6,43)44)36-29(39)27-15-25-18-38(27)30(40)28(33(3,4)5)35-31(41)45-20-21(2)11-8-9-12-22-13-10-14-23-17-37(19-26(22)23)32(42)46-25;1-6-23-15-33(23,47(42,43)44)35-28(38)26-14-24-17-37(26)29(39)27(32(3,4)5)34-30(40)45-19-20(2)10-7-8-11-21-12-9-13-22-16-36(18-25(21)22)31(41)46-24/h7,11,14-15,22,25-26,28-29H,1,8-10,12-13,16-21H2,2-6H3,(H,36,42)(H,37,40)(H,44,45);7,10,13-14,21,24-25,27-28H,1,8-9,11-12,15-20H2,2-6H3,(H,35,41)(H,36,39)(H,43,44);6,9,12-13,20,23-24,26-27H,1,7-8,10-11,14-19H2,2-5H3,(H,34,40)(H,35,38)(H2,42,43,44)/t22-,25+,26+,28-,29+,35-;21-,24+,25+,27-,28+,34-;20-,23+,24+,26-,27+,33-/m000/s1. The Bertz CT molecular complexity index is 5280. The van der Waals surface area contributed by atoms with Gasteiger partial charge in [-0.05, 0) is 168 Å². The maximum atomic E-state index is 14.3. The molecule has 3 aromatic carbocycles. The second kappa shape index (κ2) is 44.2. The van der Waals surface area contributed by atoms with E-state index in [-0.39, 0.29) is 102 Å². The summed E-state index contributed by atoms with van der Waals surface area (Å²) in [6, 6.07) is 11.5. The van der Waals surface area contributed by atoms with Gasteiger partial charge in [0.1, 0.15) is 70.4 Å². The number of alkyl carbamates (subject to hydrolysis) is 3. The van der Waals surface area contributed by atoms with Gasteiger partial charge in [-0.1, -0.05) is 175 Å². The molecule has 3 saturated heterocycles. The molecule has 3 aromatic rings. The lowest BCUT2D eigenvalue weighted by Crippen LogP contribution is -2.58. The Hall–Kier alpha value is -10.2. The lowest BCUT2D eigenvalue weighted by atomic mass is 9.85. The summed E-state index contributed by atoms with van der Waals surface area (Å²) in [6.07, 6.45) is 9.00. The number of nitrogens with one attached hydrogen (secondary N) is 6. The predicted molar refractivity (Wildman–Crippen MR) is 528 cm³/mol. The van der Waals surface area contributed by atoms with Crippen molar-refractivity contribution in [2.45, 2.75) is 315 Å². The second-order valence-corrected chi connectivity index (χ2v) is 50.9. The number of aryl methyl sites for hydroxylation is 3. The highest BCUT2D eigenvalue weighted by Crippen LogP contribution is 2.71. The third kappa shape index (κ3) is 25.2. The normalized spacial score (nSPS) is 31.0. The lowest BCUT2D eigenvalue weighted by Gasteiger charge is -2.35. The van der Waals surface area contributed by atoms with Gasteiger partial charge < -0.3 is 99.1 Å². The molecule has 0 spiro atoms. The SMILES string of the molecule is C=C[C@@H]1C[C@]1(NC(=O)[C@@H]1C[C@@H]2CN1C(=O)[C@H](C(C)(C)C)NC(=O)OC[C@@H](C)CCCCc1cccc3c1CN(C3)C(=O)O2)P(=O)(O)O.C=C[C@@H]1C[C@]1(NC(=O)[C@@H]1C[C@@H]2CN1C(=O)[C@H](C(C)(C)C)NC(=O)OC[C@@H](C)CCCCc1cccc3c1CN(C3)C(=O)O2)P(=O)(O)OCC.C=C[C@@H]1C[C@]1(NC(=O)[C@@H]1C[C@@H]2CN1C(=O)[C@H](C(C)(C)C)NC(=O)OC[C@@H](C)CCCCc1cccc3c1CN(C3)C(=O)O2)P(C)(=O)O. The molecule has 6 fully saturated rings. The molecule has 0 radical (unpaired) electrons. The molecule has 12 bridgehead atoms. The van der Waals surface area contributed by atoms with Gasteiger partial charge in [0.05, 0.1) is 46.1 Å². The Balaban J connectivity index is 0.000000180. The fourth-order valence-electron chi connectivity index (χ4n) is 21.3. The molecule has 0 aromatic heterocycles. The average molecular weight is 2050 g/mol. The first-order chi connectivity index (χ1) is 67.2. The minimum Gasteiger partial charge on any atom is -0.449 e. The number of rotatable bonds is 14. The maximum Gasteiger partial charge on any atom is 0.410 e. The number of ether oxygens (including phenoxy) is 6. The molecule has 12 aliphatic rings. The fourth-order valence-corrected chi connectivity index (χ4v) is 25.8. The molecule has 9 aliphatic heterocycles. The molecule has 20 atom stereocenters. The van der Waals surface area contributed by atoms with Crippen LogP contribution >= 0.6 is 22.6 Å². The summed E-state index contributed by atoms with van der Waals surface area (Å²) >= 11 is 0. The van der Waals surface area contributed by atoms with Crippen molar-refractivity contribution in [3.05, 3.63) is 143 Å². The summed E-state index contributed by atoms with van der Waals surface area (Å²) < 4.78 is 78.3. The number of cyclic esters (lactones) is 3. The number of hydrogen-bond donors (Lipinski definition) is 10. The van der Waals surface area contributed by atoms with Crippen LogP contribution in [0.1, 0.15) is 236 Å². The smallest absolute Gasteiger partial charge is 0.410 e. The zero-order chi connectivity index (χ0) is 104. The van der Waals surface area contributed by atoms with Crippen LogP contribution in [0, 0.1) is 51.8 Å². The number of carbonyl (C=O) groups excluding carboxylic acids is 12. The summed E-state index contributed by atoms with van der Waals surface area (Å²) in [7, 11) is -12.9. The first-order valence-electron chi connectivity index (χ1n) is 50.2. The largest absolute Gasteiger partial charge is 0.449 e. The van der Waals surface area contributed by atoms with Crippen LogP contribution in [0.5, 0.6) is 0 Å². The maximum absolute atomic E-state index is 14.3. The molecule has 41 heteroatoms. The van der Waals surface area contributed by atoms with Crippen LogP contribution in [0.2, 0.25) is 0 Å². The van der Waals surface area contributed by atoms with Crippen molar-refractivity contribution in [3.63, 3.8) is 0 Å². The van der Waals surface area contributed by atoms with E-state index in [1.165, 1.54) is 50.2 Å². The van der Waals surface area contributed by atoms with Gasteiger partial charge in [-0.15, -0.1) is 19.7 Å². The molecule has 3 aliphatic carbocycles. The highest BCUT2D eigenvalue weighted by molar-refractivity contribution is 7.59. The van der Waals surface area contributed by atoms with Crippen molar-refractivity contribution >= 4 is 94.6 Å². The van der Waals surface area contributed by atoms with E-state index in [4.69, 9.17) is 32.9 Å². The van der Waals surface area contributed by atoms with Crippen LogP contribution in [0.3, 0.4) is 0 Å².